The molecule has 5 rings (SSSR count). The molecule has 0 aliphatic carbocycles. The van der Waals surface area contributed by atoms with Crippen molar-refractivity contribution in [2.45, 2.75) is 0 Å². The zero-order valence-electron chi connectivity index (χ0n) is 13.4. The van der Waals surface area contributed by atoms with Gasteiger partial charge >= 0.3 is 0 Å². The molecule has 0 unspecified atom stereocenters. The minimum absolute atomic E-state index is 0.214. The van der Waals surface area contributed by atoms with Gasteiger partial charge < -0.3 is 14.8 Å². The second kappa shape index (κ2) is 5.85. The molecule has 0 fully saturated rings. The number of amides is 1. The maximum Gasteiger partial charge on any atom is 0.276 e. The molecule has 2 N–H and O–H groups in total. The topological polar surface area (TPSA) is 84.8 Å². The van der Waals surface area contributed by atoms with Crippen molar-refractivity contribution in [2.24, 2.45) is 4.99 Å². The number of guanidine groups is 1. The van der Waals surface area contributed by atoms with Crippen LogP contribution in [-0.4, -0.2) is 23.6 Å². The fraction of sp³-hybridized carbons (Fsp3) is 0.0556. The highest BCUT2D eigenvalue weighted by atomic mass is 32.1. The van der Waals surface area contributed by atoms with Crippen molar-refractivity contribution in [3.8, 4) is 11.5 Å². The van der Waals surface area contributed by atoms with Crippen molar-refractivity contribution < 1.29 is 14.3 Å². The number of fused-ring (bicyclic) bond motifs is 2. The Balaban J connectivity index is 1.40. The van der Waals surface area contributed by atoms with Crippen molar-refractivity contribution in [1.82, 2.24) is 10.3 Å². The molecule has 0 saturated heterocycles. The standard InChI is InChI=1S/C18H12N4O3S/c23-17-13(5-10-1-4-14-15(6-10)25-9-24-14)21-18(22-17)20-11-2-3-12-16(7-11)26-8-19-12/h1-8H,9H2,(H2,20,21,22,23)/b13-5-. The molecule has 2 aliphatic heterocycles. The number of hydrogen-bond acceptors (Lipinski definition) is 7. The molecule has 0 atom stereocenters. The number of aromatic nitrogens is 1. The molecular weight excluding hydrogens is 352 g/mol. The first-order valence-corrected chi connectivity index (χ1v) is 8.74. The highest BCUT2D eigenvalue weighted by Crippen LogP contribution is 2.33. The zero-order valence-corrected chi connectivity index (χ0v) is 14.2. The molecule has 8 heteroatoms. The Morgan fingerprint density at radius 3 is 3.04 bits per heavy atom. The number of hydrogen-bond donors (Lipinski definition) is 2. The van der Waals surface area contributed by atoms with Crippen molar-refractivity contribution in [3.05, 3.63) is 53.2 Å². The quantitative estimate of drug-likeness (QED) is 0.683. The number of benzene rings is 2. The summed E-state index contributed by atoms with van der Waals surface area (Å²) in [5.41, 5.74) is 4.72. The lowest BCUT2D eigenvalue weighted by Gasteiger charge is -2.04. The average Bonchev–Trinajstić information content (AvgIpc) is 3.35. The molecule has 1 amide bonds. The molecule has 0 spiro atoms. The van der Waals surface area contributed by atoms with Crippen LogP contribution in [0.3, 0.4) is 0 Å². The molecule has 26 heavy (non-hydrogen) atoms. The first kappa shape index (κ1) is 14.9. The number of carbonyl (C=O) groups excluding carboxylic acids is 1. The van der Waals surface area contributed by atoms with Gasteiger partial charge in [0.15, 0.2) is 11.5 Å². The van der Waals surface area contributed by atoms with E-state index < -0.39 is 0 Å². The Labute approximate surface area is 152 Å². The Bertz CT molecular complexity index is 1100. The minimum Gasteiger partial charge on any atom is -0.454 e. The summed E-state index contributed by atoms with van der Waals surface area (Å²) in [6, 6.07) is 11.3. The van der Waals surface area contributed by atoms with E-state index in [9.17, 15) is 4.79 Å². The van der Waals surface area contributed by atoms with Gasteiger partial charge in [0, 0.05) is 5.69 Å². The summed E-state index contributed by atoms with van der Waals surface area (Å²) in [6.45, 7) is 0.214. The predicted molar refractivity (Wildman–Crippen MR) is 99.4 cm³/mol. The first-order valence-electron chi connectivity index (χ1n) is 7.86. The third-order valence-electron chi connectivity index (χ3n) is 3.99. The van der Waals surface area contributed by atoms with Gasteiger partial charge in [-0.15, -0.1) is 11.3 Å². The molecule has 128 valence electrons. The number of ether oxygens (including phenoxy) is 2. The second-order valence-electron chi connectivity index (χ2n) is 5.72. The Hall–Kier alpha value is -3.39. The van der Waals surface area contributed by atoms with E-state index in [1.165, 1.54) is 0 Å². The maximum atomic E-state index is 12.2. The van der Waals surface area contributed by atoms with Gasteiger partial charge in [-0.25, -0.2) is 9.98 Å². The molecule has 3 heterocycles. The summed E-state index contributed by atoms with van der Waals surface area (Å²) < 4.78 is 11.7. The van der Waals surface area contributed by atoms with Gasteiger partial charge in [-0.2, -0.15) is 0 Å². The lowest BCUT2D eigenvalue weighted by Crippen LogP contribution is -2.29. The number of nitrogens with zero attached hydrogens (tertiary/aromatic N) is 2. The number of thiazole rings is 1. The highest BCUT2D eigenvalue weighted by molar-refractivity contribution is 7.16. The lowest BCUT2D eigenvalue weighted by atomic mass is 10.1. The zero-order chi connectivity index (χ0) is 17.5. The van der Waals surface area contributed by atoms with Crippen LogP contribution in [0.5, 0.6) is 11.5 Å². The van der Waals surface area contributed by atoms with E-state index in [0.29, 0.717) is 23.2 Å². The van der Waals surface area contributed by atoms with Crippen LogP contribution in [0.15, 0.2) is 52.6 Å². The van der Waals surface area contributed by atoms with E-state index in [4.69, 9.17) is 9.47 Å². The van der Waals surface area contributed by atoms with E-state index in [2.05, 4.69) is 20.6 Å². The van der Waals surface area contributed by atoms with Gasteiger partial charge in [-0.05, 0) is 42.0 Å². The van der Waals surface area contributed by atoms with Crippen LogP contribution >= 0.6 is 11.3 Å². The van der Waals surface area contributed by atoms with Crippen LogP contribution in [0.25, 0.3) is 16.3 Å². The molecule has 3 aromatic rings. The predicted octanol–water partition coefficient (Wildman–Crippen LogP) is 2.96. The van der Waals surface area contributed by atoms with Crippen molar-refractivity contribution >= 4 is 45.2 Å². The summed E-state index contributed by atoms with van der Waals surface area (Å²) in [5.74, 6) is 1.50. The Morgan fingerprint density at radius 1 is 1.15 bits per heavy atom. The summed E-state index contributed by atoms with van der Waals surface area (Å²) >= 11 is 1.56. The van der Waals surface area contributed by atoms with Gasteiger partial charge in [-0.3, -0.25) is 10.1 Å². The Morgan fingerprint density at radius 2 is 2.08 bits per heavy atom. The lowest BCUT2D eigenvalue weighted by molar-refractivity contribution is -0.115. The summed E-state index contributed by atoms with van der Waals surface area (Å²) in [4.78, 5) is 20.8. The first-order chi connectivity index (χ1) is 12.7. The largest absolute Gasteiger partial charge is 0.454 e. The molecule has 0 saturated carbocycles. The van der Waals surface area contributed by atoms with Crippen LogP contribution < -0.4 is 20.1 Å². The van der Waals surface area contributed by atoms with Gasteiger partial charge in [0.1, 0.15) is 5.70 Å². The van der Waals surface area contributed by atoms with Crippen LogP contribution in [0, 0.1) is 0 Å². The number of rotatable bonds is 2. The Kier molecular flexibility index (Phi) is 3.36. The van der Waals surface area contributed by atoms with E-state index >= 15 is 0 Å². The number of anilines is 1. The van der Waals surface area contributed by atoms with Crippen LogP contribution in [0.1, 0.15) is 5.56 Å². The van der Waals surface area contributed by atoms with Gasteiger partial charge in [0.05, 0.1) is 15.7 Å². The second-order valence-corrected chi connectivity index (χ2v) is 6.60. The molecule has 0 bridgehead atoms. The van der Waals surface area contributed by atoms with E-state index in [0.717, 1.165) is 21.5 Å². The molecule has 2 aromatic carbocycles. The fourth-order valence-corrected chi connectivity index (χ4v) is 3.47. The summed E-state index contributed by atoms with van der Waals surface area (Å²) in [6.07, 6.45) is 1.71. The monoisotopic (exact) mass is 364 g/mol. The summed E-state index contributed by atoms with van der Waals surface area (Å²) in [5, 5.41) is 5.85. The average molecular weight is 364 g/mol. The van der Waals surface area contributed by atoms with E-state index in [1.54, 1.807) is 22.9 Å². The molecule has 7 nitrogen and oxygen atoms in total. The third kappa shape index (κ3) is 2.66. The minimum atomic E-state index is -0.260. The molecular formula is C18H12N4O3S. The number of carbonyl (C=O) groups is 1. The van der Waals surface area contributed by atoms with Crippen LogP contribution in [0.4, 0.5) is 5.69 Å². The van der Waals surface area contributed by atoms with Crippen molar-refractivity contribution in [2.75, 3.05) is 12.1 Å². The van der Waals surface area contributed by atoms with E-state index in [-0.39, 0.29) is 12.7 Å². The van der Waals surface area contributed by atoms with Crippen molar-refractivity contribution in [3.63, 3.8) is 0 Å². The summed E-state index contributed by atoms with van der Waals surface area (Å²) in [7, 11) is 0. The highest BCUT2D eigenvalue weighted by Gasteiger charge is 2.21. The molecule has 2 aliphatic rings. The van der Waals surface area contributed by atoms with Gasteiger partial charge in [-0.1, -0.05) is 6.07 Å². The molecule has 1 aromatic heterocycles. The maximum absolute atomic E-state index is 12.2. The fourth-order valence-electron chi connectivity index (χ4n) is 2.76. The molecule has 0 radical (unpaired) electrons. The smallest absolute Gasteiger partial charge is 0.276 e. The van der Waals surface area contributed by atoms with Crippen molar-refractivity contribution in [1.29, 1.82) is 0 Å². The third-order valence-corrected chi connectivity index (χ3v) is 4.78. The SMILES string of the molecule is O=C1NC(Nc2ccc3ncsc3c2)=N/C1=C\c1ccc2c(c1)OCO2. The number of aliphatic imine (C=N–C) groups is 1. The van der Waals surface area contributed by atoms with Gasteiger partial charge in [0.2, 0.25) is 12.8 Å². The van der Waals surface area contributed by atoms with Gasteiger partial charge in [0.25, 0.3) is 5.91 Å². The number of nitrogens with one attached hydrogen (secondary N) is 2. The van der Waals surface area contributed by atoms with Crippen LogP contribution in [0.2, 0.25) is 0 Å². The van der Waals surface area contributed by atoms with E-state index in [1.807, 2.05) is 36.4 Å². The van der Waals surface area contributed by atoms with Crippen LogP contribution in [-0.2, 0) is 4.79 Å². The normalized spacial score (nSPS) is 16.8.